The minimum Gasteiger partial charge on any atom is -0.322 e. The van der Waals surface area contributed by atoms with E-state index >= 15 is 0 Å². The highest BCUT2D eigenvalue weighted by Gasteiger charge is 2.14. The maximum atomic E-state index is 13.6. The van der Waals surface area contributed by atoms with Gasteiger partial charge in [-0.2, -0.15) is 0 Å². The van der Waals surface area contributed by atoms with Crippen molar-refractivity contribution in [2.75, 3.05) is 0 Å². The third-order valence-electron chi connectivity index (χ3n) is 2.59. The number of aromatic nitrogens is 1. The zero-order chi connectivity index (χ0) is 13.1. The first-order valence-electron chi connectivity index (χ1n) is 5.38. The molecular weight excluding hydrogens is 274 g/mol. The Labute approximate surface area is 115 Å². The number of hydrogen-bond donors (Lipinski definition) is 1. The van der Waals surface area contributed by atoms with Gasteiger partial charge in [0.2, 0.25) is 0 Å². The molecule has 0 aliphatic rings. The summed E-state index contributed by atoms with van der Waals surface area (Å²) < 4.78 is 13.6. The molecule has 5 heteroatoms. The Bertz CT molecular complexity index is 560. The Morgan fingerprint density at radius 1 is 1.28 bits per heavy atom. The van der Waals surface area contributed by atoms with Crippen molar-refractivity contribution in [3.63, 3.8) is 0 Å². The minimum atomic E-state index is -0.450. The first-order valence-corrected chi connectivity index (χ1v) is 6.13. The van der Waals surface area contributed by atoms with Gasteiger partial charge in [0.1, 0.15) is 5.82 Å². The fourth-order valence-electron chi connectivity index (χ4n) is 1.69. The summed E-state index contributed by atoms with van der Waals surface area (Å²) >= 11 is 11.7. The number of benzene rings is 1. The molecule has 1 atom stereocenters. The van der Waals surface area contributed by atoms with Gasteiger partial charge in [-0.3, -0.25) is 4.98 Å². The third-order valence-corrected chi connectivity index (χ3v) is 3.15. The van der Waals surface area contributed by atoms with Gasteiger partial charge in [0, 0.05) is 11.2 Å². The van der Waals surface area contributed by atoms with E-state index < -0.39 is 6.04 Å². The molecule has 0 bridgehead atoms. The van der Waals surface area contributed by atoms with Crippen molar-refractivity contribution in [1.82, 2.24) is 4.98 Å². The summed E-state index contributed by atoms with van der Waals surface area (Å²) in [7, 11) is 0. The molecule has 2 nitrogen and oxygen atoms in total. The molecule has 0 saturated carbocycles. The van der Waals surface area contributed by atoms with E-state index in [9.17, 15) is 4.39 Å². The van der Waals surface area contributed by atoms with Crippen LogP contribution in [-0.4, -0.2) is 4.98 Å². The summed E-state index contributed by atoms with van der Waals surface area (Å²) in [5.41, 5.74) is 7.05. The van der Waals surface area contributed by atoms with E-state index in [2.05, 4.69) is 4.98 Å². The van der Waals surface area contributed by atoms with Crippen molar-refractivity contribution in [2.24, 2.45) is 5.73 Å². The van der Waals surface area contributed by atoms with Crippen LogP contribution in [0.1, 0.15) is 17.3 Å². The molecule has 0 aliphatic heterocycles. The number of rotatable bonds is 3. The summed E-state index contributed by atoms with van der Waals surface area (Å²) in [6, 6.07) is 7.50. The van der Waals surface area contributed by atoms with E-state index in [0.29, 0.717) is 27.7 Å². The van der Waals surface area contributed by atoms with Crippen LogP contribution in [0.4, 0.5) is 4.39 Å². The lowest BCUT2D eigenvalue weighted by Gasteiger charge is -2.13. The van der Waals surface area contributed by atoms with E-state index in [4.69, 9.17) is 28.9 Å². The van der Waals surface area contributed by atoms with Crippen LogP contribution < -0.4 is 5.73 Å². The average Bonchev–Trinajstić information content (AvgIpc) is 2.33. The molecule has 18 heavy (non-hydrogen) atoms. The minimum absolute atomic E-state index is 0.319. The zero-order valence-corrected chi connectivity index (χ0v) is 10.9. The fourth-order valence-corrected chi connectivity index (χ4v) is 2.11. The normalized spacial score (nSPS) is 12.4. The van der Waals surface area contributed by atoms with E-state index in [1.807, 2.05) is 0 Å². The Morgan fingerprint density at radius 3 is 2.72 bits per heavy atom. The van der Waals surface area contributed by atoms with Crippen molar-refractivity contribution in [2.45, 2.75) is 12.5 Å². The Morgan fingerprint density at radius 2 is 2.06 bits per heavy atom. The van der Waals surface area contributed by atoms with E-state index in [-0.39, 0.29) is 5.82 Å². The maximum Gasteiger partial charge on any atom is 0.127 e. The molecule has 0 aliphatic carbocycles. The topological polar surface area (TPSA) is 38.9 Å². The molecule has 2 rings (SSSR count). The van der Waals surface area contributed by atoms with E-state index in [1.165, 1.54) is 6.07 Å². The van der Waals surface area contributed by atoms with Crippen LogP contribution >= 0.6 is 23.2 Å². The van der Waals surface area contributed by atoms with Gasteiger partial charge in [-0.25, -0.2) is 4.39 Å². The van der Waals surface area contributed by atoms with Gasteiger partial charge in [-0.15, -0.1) is 0 Å². The lowest BCUT2D eigenvalue weighted by molar-refractivity contribution is 0.590. The molecule has 2 N–H and O–H groups in total. The lowest BCUT2D eigenvalue weighted by atomic mass is 10.0. The molecule has 0 spiro atoms. The SMILES string of the molecule is NC(Cc1ccc(Cl)cc1F)c1ncccc1Cl. The van der Waals surface area contributed by atoms with Crippen LogP contribution in [0, 0.1) is 5.82 Å². The molecule has 0 saturated heterocycles. The molecule has 1 aromatic heterocycles. The van der Waals surface area contributed by atoms with Crippen molar-refractivity contribution in [3.05, 3.63) is 63.6 Å². The van der Waals surface area contributed by atoms with Gasteiger partial charge in [-0.1, -0.05) is 29.3 Å². The van der Waals surface area contributed by atoms with Gasteiger partial charge in [0.25, 0.3) is 0 Å². The Hall–Kier alpha value is -1.16. The largest absolute Gasteiger partial charge is 0.322 e. The number of halogens is 3. The maximum absolute atomic E-state index is 13.6. The summed E-state index contributed by atoms with van der Waals surface area (Å²) in [6.07, 6.45) is 1.93. The number of hydrogen-bond acceptors (Lipinski definition) is 2. The summed E-state index contributed by atoms with van der Waals surface area (Å²) in [5, 5.41) is 0.847. The quantitative estimate of drug-likeness (QED) is 0.932. The molecule has 94 valence electrons. The summed E-state index contributed by atoms with van der Waals surface area (Å²) in [4.78, 5) is 4.12. The Kier molecular flexibility index (Phi) is 4.17. The number of pyridine rings is 1. The van der Waals surface area contributed by atoms with Crippen LogP contribution in [0.2, 0.25) is 10.0 Å². The highest BCUT2D eigenvalue weighted by Crippen LogP contribution is 2.23. The van der Waals surface area contributed by atoms with Gasteiger partial charge in [-0.05, 0) is 36.2 Å². The monoisotopic (exact) mass is 284 g/mol. The van der Waals surface area contributed by atoms with Gasteiger partial charge >= 0.3 is 0 Å². The summed E-state index contributed by atoms with van der Waals surface area (Å²) in [6.45, 7) is 0. The predicted octanol–water partition coefficient (Wildman–Crippen LogP) is 3.77. The molecule has 1 unspecified atom stereocenters. The second-order valence-corrected chi connectivity index (χ2v) is 4.76. The van der Waals surface area contributed by atoms with E-state index in [0.717, 1.165) is 0 Å². The second-order valence-electron chi connectivity index (χ2n) is 3.92. The first kappa shape index (κ1) is 13.3. The average molecular weight is 285 g/mol. The van der Waals surface area contributed by atoms with Crippen molar-refractivity contribution >= 4 is 23.2 Å². The van der Waals surface area contributed by atoms with Crippen LogP contribution in [0.15, 0.2) is 36.5 Å². The highest BCUT2D eigenvalue weighted by molar-refractivity contribution is 6.31. The molecule has 1 aromatic carbocycles. The second kappa shape index (κ2) is 5.65. The van der Waals surface area contributed by atoms with Crippen LogP contribution in [0.5, 0.6) is 0 Å². The van der Waals surface area contributed by atoms with Gasteiger partial charge in [0.05, 0.1) is 16.8 Å². The van der Waals surface area contributed by atoms with Gasteiger partial charge in [0.15, 0.2) is 0 Å². The molecule has 2 aromatic rings. The molecular formula is C13H11Cl2FN2. The van der Waals surface area contributed by atoms with Crippen LogP contribution in [0.3, 0.4) is 0 Å². The standard InChI is InChI=1S/C13H11Cl2FN2/c14-9-4-3-8(11(16)7-9)6-12(17)13-10(15)2-1-5-18-13/h1-5,7,12H,6,17H2. The van der Waals surface area contributed by atoms with Crippen molar-refractivity contribution in [3.8, 4) is 0 Å². The van der Waals surface area contributed by atoms with E-state index in [1.54, 1.807) is 30.5 Å². The molecule has 0 fully saturated rings. The smallest absolute Gasteiger partial charge is 0.127 e. The highest BCUT2D eigenvalue weighted by atomic mass is 35.5. The molecule has 0 radical (unpaired) electrons. The van der Waals surface area contributed by atoms with Crippen molar-refractivity contribution in [1.29, 1.82) is 0 Å². The van der Waals surface area contributed by atoms with Crippen LogP contribution in [0.25, 0.3) is 0 Å². The fraction of sp³-hybridized carbons (Fsp3) is 0.154. The predicted molar refractivity (Wildman–Crippen MR) is 71.3 cm³/mol. The number of nitrogens with two attached hydrogens (primary N) is 1. The first-order chi connectivity index (χ1) is 8.58. The lowest BCUT2D eigenvalue weighted by Crippen LogP contribution is -2.16. The van der Waals surface area contributed by atoms with Crippen LogP contribution in [-0.2, 0) is 6.42 Å². The third kappa shape index (κ3) is 2.99. The zero-order valence-electron chi connectivity index (χ0n) is 9.41. The van der Waals surface area contributed by atoms with Crippen molar-refractivity contribution < 1.29 is 4.39 Å². The molecule has 1 heterocycles. The summed E-state index contributed by atoms with van der Waals surface area (Å²) in [5.74, 6) is -0.370. The molecule has 0 amide bonds. The Balaban J connectivity index is 2.21. The van der Waals surface area contributed by atoms with Gasteiger partial charge < -0.3 is 5.73 Å². The number of nitrogens with zero attached hydrogens (tertiary/aromatic N) is 1.